The van der Waals surface area contributed by atoms with Crippen molar-refractivity contribution in [2.24, 2.45) is 11.1 Å². The van der Waals surface area contributed by atoms with Gasteiger partial charge >= 0.3 is 5.97 Å². The van der Waals surface area contributed by atoms with E-state index in [1.54, 1.807) is 6.92 Å². The number of carboxylic acids is 1. The Hall–Kier alpha value is -1.15. The summed E-state index contributed by atoms with van der Waals surface area (Å²) in [4.78, 5) is 25.1. The molecule has 1 saturated carbocycles. The minimum atomic E-state index is -3.18. The molecule has 1 heterocycles. The first kappa shape index (κ1) is 16.2. The number of carbonyl (C=O) groups excluding carboxylic acids is 1. The summed E-state index contributed by atoms with van der Waals surface area (Å²) in [6.45, 7) is 1.28. The van der Waals surface area contributed by atoms with Crippen molar-refractivity contribution in [1.29, 1.82) is 0 Å². The Balaban J connectivity index is 2.24. The van der Waals surface area contributed by atoms with Crippen molar-refractivity contribution in [2.45, 2.75) is 44.7 Å². The fourth-order valence-electron chi connectivity index (χ4n) is 3.32. The molecule has 1 amide bonds. The summed E-state index contributed by atoms with van der Waals surface area (Å²) in [7, 11) is -3.18. The summed E-state index contributed by atoms with van der Waals surface area (Å²) < 4.78 is 23.2. The van der Waals surface area contributed by atoms with Crippen LogP contribution in [-0.2, 0) is 19.4 Å². The molecule has 8 heteroatoms. The van der Waals surface area contributed by atoms with Gasteiger partial charge < -0.3 is 15.7 Å². The largest absolute Gasteiger partial charge is 0.480 e. The van der Waals surface area contributed by atoms with Crippen molar-refractivity contribution in [1.82, 2.24) is 4.90 Å². The van der Waals surface area contributed by atoms with E-state index in [1.807, 2.05) is 0 Å². The van der Waals surface area contributed by atoms with Gasteiger partial charge in [-0.05, 0) is 26.2 Å². The number of carbonyl (C=O) groups is 2. The second kappa shape index (κ2) is 5.57. The van der Waals surface area contributed by atoms with E-state index in [0.29, 0.717) is 12.8 Å². The average Bonchev–Trinajstić information content (AvgIpc) is 2.90. The maximum absolute atomic E-state index is 12.8. The van der Waals surface area contributed by atoms with Crippen LogP contribution < -0.4 is 5.73 Å². The van der Waals surface area contributed by atoms with Crippen LogP contribution in [0.15, 0.2) is 0 Å². The highest BCUT2D eigenvalue weighted by molar-refractivity contribution is 7.91. The first-order chi connectivity index (χ1) is 9.66. The predicted molar refractivity (Wildman–Crippen MR) is 76.3 cm³/mol. The highest BCUT2D eigenvalue weighted by Crippen LogP contribution is 2.39. The molecule has 7 nitrogen and oxygen atoms in total. The predicted octanol–water partition coefficient (Wildman–Crippen LogP) is -0.396. The number of carboxylic acid groups (broad SMARTS) is 1. The van der Waals surface area contributed by atoms with Gasteiger partial charge in [-0.3, -0.25) is 9.59 Å². The van der Waals surface area contributed by atoms with Gasteiger partial charge in [0.2, 0.25) is 5.91 Å². The molecule has 0 radical (unpaired) electrons. The monoisotopic (exact) mass is 318 g/mol. The maximum atomic E-state index is 12.8. The van der Waals surface area contributed by atoms with Gasteiger partial charge in [0.15, 0.2) is 9.84 Å². The number of rotatable bonds is 4. The standard InChI is InChI=1S/C13H22N2O5S/c1-13(5-2-3-10(13)14)12(18)15(7-11(16)17)9-4-6-21(19,20)8-9/h9-10H,2-8,14H2,1H3,(H,16,17). The van der Waals surface area contributed by atoms with Crippen LogP contribution >= 0.6 is 0 Å². The van der Waals surface area contributed by atoms with Gasteiger partial charge in [-0.1, -0.05) is 6.42 Å². The SMILES string of the molecule is CC1(C(=O)N(CC(=O)O)C2CCS(=O)(=O)C2)CCCC1N. The number of hydrogen-bond acceptors (Lipinski definition) is 5. The molecule has 120 valence electrons. The van der Waals surface area contributed by atoms with Crippen LogP contribution in [0.5, 0.6) is 0 Å². The molecule has 3 unspecified atom stereocenters. The first-order valence-electron chi connectivity index (χ1n) is 7.14. The fraction of sp³-hybridized carbons (Fsp3) is 0.846. The van der Waals surface area contributed by atoms with Crippen molar-refractivity contribution >= 4 is 21.7 Å². The zero-order valence-corrected chi connectivity index (χ0v) is 12.9. The second-order valence-electron chi connectivity index (χ2n) is 6.30. The normalized spacial score (nSPS) is 34.8. The summed E-state index contributed by atoms with van der Waals surface area (Å²) in [6, 6.07) is -0.859. The fourth-order valence-corrected chi connectivity index (χ4v) is 5.05. The molecule has 1 saturated heterocycles. The Labute approximate surface area is 124 Å². The lowest BCUT2D eigenvalue weighted by Gasteiger charge is -2.36. The van der Waals surface area contributed by atoms with Gasteiger partial charge in [-0.2, -0.15) is 0 Å². The number of sulfone groups is 1. The molecule has 2 rings (SSSR count). The summed E-state index contributed by atoms with van der Waals surface area (Å²) in [6.07, 6.45) is 2.47. The smallest absolute Gasteiger partial charge is 0.323 e. The van der Waals surface area contributed by atoms with Crippen molar-refractivity contribution in [3.63, 3.8) is 0 Å². The molecular weight excluding hydrogens is 296 g/mol. The van der Waals surface area contributed by atoms with Gasteiger partial charge in [0.1, 0.15) is 6.54 Å². The van der Waals surface area contributed by atoms with E-state index in [2.05, 4.69) is 0 Å². The van der Waals surface area contributed by atoms with E-state index in [0.717, 1.165) is 12.8 Å². The second-order valence-corrected chi connectivity index (χ2v) is 8.53. The van der Waals surface area contributed by atoms with Crippen LogP contribution in [-0.4, -0.2) is 60.4 Å². The van der Waals surface area contributed by atoms with Crippen molar-refractivity contribution in [2.75, 3.05) is 18.1 Å². The molecule has 3 N–H and O–H groups in total. The number of aliphatic carboxylic acids is 1. The van der Waals surface area contributed by atoms with Crippen LogP contribution in [0, 0.1) is 5.41 Å². The van der Waals surface area contributed by atoms with Gasteiger partial charge in [0, 0.05) is 12.1 Å². The number of hydrogen-bond donors (Lipinski definition) is 2. The average molecular weight is 318 g/mol. The van der Waals surface area contributed by atoms with Crippen molar-refractivity contribution in [3.8, 4) is 0 Å². The first-order valence-corrected chi connectivity index (χ1v) is 8.97. The zero-order chi connectivity index (χ0) is 15.8. The molecule has 3 atom stereocenters. The van der Waals surface area contributed by atoms with Crippen LogP contribution in [0.25, 0.3) is 0 Å². The van der Waals surface area contributed by atoms with E-state index in [-0.39, 0.29) is 23.5 Å². The third-order valence-electron chi connectivity index (χ3n) is 4.73. The molecule has 0 bridgehead atoms. The summed E-state index contributed by atoms with van der Waals surface area (Å²) in [5.74, 6) is -1.61. The Bertz CT molecular complexity index is 547. The minimum Gasteiger partial charge on any atom is -0.480 e. The summed E-state index contributed by atoms with van der Waals surface area (Å²) >= 11 is 0. The zero-order valence-electron chi connectivity index (χ0n) is 12.1. The third kappa shape index (κ3) is 3.21. The van der Waals surface area contributed by atoms with Crippen LogP contribution in [0.4, 0.5) is 0 Å². The van der Waals surface area contributed by atoms with Crippen molar-refractivity contribution in [3.05, 3.63) is 0 Å². The maximum Gasteiger partial charge on any atom is 0.323 e. The molecule has 1 aliphatic heterocycles. The van der Waals surface area contributed by atoms with E-state index < -0.39 is 33.8 Å². The molecule has 0 aromatic carbocycles. The van der Waals surface area contributed by atoms with Crippen LogP contribution in [0.2, 0.25) is 0 Å². The Morgan fingerprint density at radius 1 is 1.38 bits per heavy atom. The minimum absolute atomic E-state index is 0.00380. The van der Waals surface area contributed by atoms with E-state index in [4.69, 9.17) is 10.8 Å². The van der Waals surface area contributed by atoms with Gasteiger partial charge in [-0.25, -0.2) is 8.42 Å². The quantitative estimate of drug-likeness (QED) is 0.728. The van der Waals surface area contributed by atoms with Gasteiger partial charge in [0.25, 0.3) is 0 Å². The van der Waals surface area contributed by atoms with Crippen LogP contribution in [0.1, 0.15) is 32.6 Å². The lowest BCUT2D eigenvalue weighted by molar-refractivity contribution is -0.151. The van der Waals surface area contributed by atoms with E-state index >= 15 is 0 Å². The lowest BCUT2D eigenvalue weighted by atomic mass is 9.83. The van der Waals surface area contributed by atoms with E-state index in [9.17, 15) is 18.0 Å². The van der Waals surface area contributed by atoms with Crippen LogP contribution in [0.3, 0.4) is 0 Å². The van der Waals surface area contributed by atoms with Gasteiger partial charge in [-0.15, -0.1) is 0 Å². The molecular formula is C13H22N2O5S. The topological polar surface area (TPSA) is 118 Å². The molecule has 2 fully saturated rings. The van der Waals surface area contributed by atoms with E-state index in [1.165, 1.54) is 4.90 Å². The molecule has 0 aromatic heterocycles. The molecule has 1 aliphatic carbocycles. The number of nitrogens with two attached hydrogens (primary N) is 1. The summed E-state index contributed by atoms with van der Waals surface area (Å²) in [5, 5.41) is 9.04. The molecule has 2 aliphatic rings. The Kier molecular flexibility index (Phi) is 4.30. The summed E-state index contributed by atoms with van der Waals surface area (Å²) in [5.41, 5.74) is 5.23. The lowest BCUT2D eigenvalue weighted by Crippen LogP contribution is -2.54. The molecule has 0 aromatic rings. The molecule has 21 heavy (non-hydrogen) atoms. The number of amides is 1. The van der Waals surface area contributed by atoms with Crippen molar-refractivity contribution < 1.29 is 23.1 Å². The number of nitrogens with zero attached hydrogens (tertiary/aromatic N) is 1. The highest BCUT2D eigenvalue weighted by Gasteiger charge is 2.48. The Morgan fingerprint density at radius 3 is 2.48 bits per heavy atom. The third-order valence-corrected chi connectivity index (χ3v) is 6.48. The highest BCUT2D eigenvalue weighted by atomic mass is 32.2. The molecule has 0 spiro atoms. The Morgan fingerprint density at radius 2 is 2.05 bits per heavy atom. The van der Waals surface area contributed by atoms with Gasteiger partial charge in [0.05, 0.1) is 16.9 Å².